The predicted molar refractivity (Wildman–Crippen MR) is 126 cm³/mol. The summed E-state index contributed by atoms with van der Waals surface area (Å²) in [5, 5.41) is 5.44. The van der Waals surface area contributed by atoms with Crippen LogP contribution in [0, 0.1) is 11.8 Å². The molecular formula is C25H32N2O6. The van der Waals surface area contributed by atoms with E-state index in [4.69, 9.17) is 14.2 Å². The Kier molecular flexibility index (Phi) is 9.72. The van der Waals surface area contributed by atoms with Crippen molar-refractivity contribution in [1.82, 2.24) is 5.32 Å². The molecular weight excluding hydrogens is 424 g/mol. The van der Waals surface area contributed by atoms with Crippen LogP contribution in [0.15, 0.2) is 42.5 Å². The van der Waals surface area contributed by atoms with Gasteiger partial charge in [0.25, 0.3) is 11.8 Å². The van der Waals surface area contributed by atoms with Gasteiger partial charge in [0, 0.05) is 6.54 Å². The van der Waals surface area contributed by atoms with E-state index in [0.717, 1.165) is 0 Å². The van der Waals surface area contributed by atoms with Crippen molar-refractivity contribution in [3.8, 4) is 11.5 Å². The number of esters is 1. The zero-order valence-corrected chi connectivity index (χ0v) is 19.8. The van der Waals surface area contributed by atoms with Gasteiger partial charge in [0.2, 0.25) is 0 Å². The fourth-order valence-electron chi connectivity index (χ4n) is 2.75. The topological polar surface area (TPSA) is 103 Å². The molecule has 0 spiro atoms. The molecule has 2 N–H and O–H groups in total. The fraction of sp³-hybridized carbons (Fsp3) is 0.400. The third-order valence-corrected chi connectivity index (χ3v) is 4.42. The number of methoxy groups -OCH3 is 1. The van der Waals surface area contributed by atoms with Gasteiger partial charge < -0.3 is 24.8 Å². The van der Waals surface area contributed by atoms with Gasteiger partial charge in [-0.1, -0.05) is 39.8 Å². The number of ether oxygens (including phenoxy) is 3. The zero-order chi connectivity index (χ0) is 24.4. The van der Waals surface area contributed by atoms with E-state index in [1.165, 1.54) is 13.2 Å². The van der Waals surface area contributed by atoms with Crippen LogP contribution in [0.5, 0.6) is 11.5 Å². The van der Waals surface area contributed by atoms with Gasteiger partial charge in [0.05, 0.1) is 30.5 Å². The molecule has 33 heavy (non-hydrogen) atoms. The third-order valence-electron chi connectivity index (χ3n) is 4.42. The minimum Gasteiger partial charge on any atom is -0.493 e. The molecule has 0 unspecified atom stereocenters. The zero-order valence-electron chi connectivity index (χ0n) is 19.8. The predicted octanol–water partition coefficient (Wildman–Crippen LogP) is 3.91. The maximum absolute atomic E-state index is 12.4. The van der Waals surface area contributed by atoms with Gasteiger partial charge in [-0.25, -0.2) is 4.79 Å². The van der Waals surface area contributed by atoms with Crippen molar-refractivity contribution in [3.05, 3.63) is 53.6 Å². The molecule has 8 nitrogen and oxygen atoms in total. The molecule has 2 amide bonds. The Bertz CT molecular complexity index is 971. The number of amides is 2. The lowest BCUT2D eigenvalue weighted by atomic mass is 10.1. The molecule has 2 aromatic carbocycles. The van der Waals surface area contributed by atoms with Gasteiger partial charge in [-0.2, -0.15) is 0 Å². The highest BCUT2D eigenvalue weighted by atomic mass is 16.5. The van der Waals surface area contributed by atoms with Crippen molar-refractivity contribution in [1.29, 1.82) is 0 Å². The van der Waals surface area contributed by atoms with Crippen LogP contribution in [0.2, 0.25) is 0 Å². The van der Waals surface area contributed by atoms with Crippen LogP contribution in [0.1, 0.15) is 48.4 Å². The Balaban J connectivity index is 1.97. The first-order chi connectivity index (χ1) is 15.7. The molecule has 0 aromatic heterocycles. The smallest absolute Gasteiger partial charge is 0.338 e. The minimum absolute atomic E-state index is 0.227. The lowest BCUT2D eigenvalue weighted by molar-refractivity contribution is -0.119. The number of hydrogen-bond acceptors (Lipinski definition) is 6. The van der Waals surface area contributed by atoms with Crippen LogP contribution in [0.25, 0.3) is 0 Å². The van der Waals surface area contributed by atoms with Crippen molar-refractivity contribution < 1.29 is 28.6 Å². The largest absolute Gasteiger partial charge is 0.493 e. The highest BCUT2D eigenvalue weighted by Gasteiger charge is 2.17. The second-order valence-electron chi connectivity index (χ2n) is 8.34. The summed E-state index contributed by atoms with van der Waals surface area (Å²) in [5.74, 6) is 0.0270. The molecule has 0 atom stereocenters. The van der Waals surface area contributed by atoms with Gasteiger partial charge in [-0.3, -0.25) is 9.59 Å². The summed E-state index contributed by atoms with van der Waals surface area (Å²) < 4.78 is 16.1. The monoisotopic (exact) mass is 456 g/mol. The maximum atomic E-state index is 12.4. The number of hydrogen-bond donors (Lipinski definition) is 2. The van der Waals surface area contributed by atoms with E-state index < -0.39 is 18.5 Å². The van der Waals surface area contributed by atoms with Crippen LogP contribution < -0.4 is 20.1 Å². The molecule has 2 aromatic rings. The number of nitrogens with one attached hydrogen (secondary N) is 2. The number of rotatable bonds is 11. The Morgan fingerprint density at radius 3 is 2.33 bits per heavy atom. The highest BCUT2D eigenvalue weighted by Crippen LogP contribution is 2.28. The van der Waals surface area contributed by atoms with Gasteiger partial charge in [0.15, 0.2) is 18.1 Å². The maximum Gasteiger partial charge on any atom is 0.338 e. The van der Waals surface area contributed by atoms with Crippen molar-refractivity contribution in [2.24, 2.45) is 11.8 Å². The molecule has 0 saturated carbocycles. The van der Waals surface area contributed by atoms with E-state index in [2.05, 4.69) is 10.6 Å². The van der Waals surface area contributed by atoms with Crippen LogP contribution in [0.4, 0.5) is 5.69 Å². The molecule has 0 fully saturated rings. The average molecular weight is 457 g/mol. The highest BCUT2D eigenvalue weighted by molar-refractivity contribution is 6.04. The van der Waals surface area contributed by atoms with E-state index >= 15 is 0 Å². The number of para-hydroxylation sites is 1. The van der Waals surface area contributed by atoms with Crippen LogP contribution in [-0.4, -0.2) is 44.7 Å². The Hall–Kier alpha value is -3.55. The number of anilines is 1. The summed E-state index contributed by atoms with van der Waals surface area (Å²) in [5.41, 5.74) is 0.901. The summed E-state index contributed by atoms with van der Waals surface area (Å²) in [4.78, 5) is 37.2. The van der Waals surface area contributed by atoms with Crippen molar-refractivity contribution >= 4 is 23.5 Å². The number of benzene rings is 2. The lowest BCUT2D eigenvalue weighted by Gasteiger charge is -2.14. The fourth-order valence-corrected chi connectivity index (χ4v) is 2.75. The van der Waals surface area contributed by atoms with Crippen LogP contribution in [0.3, 0.4) is 0 Å². The summed E-state index contributed by atoms with van der Waals surface area (Å²) in [6.07, 6.45) is 0. The van der Waals surface area contributed by atoms with E-state index in [-0.39, 0.29) is 11.5 Å². The summed E-state index contributed by atoms with van der Waals surface area (Å²) in [6.45, 7) is 8.56. The van der Waals surface area contributed by atoms with Crippen LogP contribution >= 0.6 is 0 Å². The molecule has 0 heterocycles. The summed E-state index contributed by atoms with van der Waals surface area (Å²) >= 11 is 0. The molecule has 2 rings (SSSR count). The normalized spacial score (nSPS) is 10.6. The van der Waals surface area contributed by atoms with Gasteiger partial charge in [0.1, 0.15) is 0 Å². The number of carbonyl (C=O) groups excluding carboxylic acids is 3. The minimum atomic E-state index is -0.679. The van der Waals surface area contributed by atoms with Gasteiger partial charge in [-0.05, 0) is 42.2 Å². The van der Waals surface area contributed by atoms with E-state index in [0.29, 0.717) is 47.7 Å². The second-order valence-corrected chi connectivity index (χ2v) is 8.34. The lowest BCUT2D eigenvalue weighted by Crippen LogP contribution is -2.29. The molecule has 0 aliphatic rings. The average Bonchev–Trinajstić information content (AvgIpc) is 2.79. The van der Waals surface area contributed by atoms with E-state index in [1.54, 1.807) is 36.4 Å². The first-order valence-electron chi connectivity index (χ1n) is 10.9. The number of carbonyl (C=O) groups is 3. The van der Waals surface area contributed by atoms with Crippen LogP contribution in [-0.2, 0) is 9.53 Å². The first-order valence-corrected chi connectivity index (χ1v) is 10.9. The Labute approximate surface area is 194 Å². The molecule has 0 bridgehead atoms. The molecule has 0 saturated heterocycles. The molecule has 0 radical (unpaired) electrons. The van der Waals surface area contributed by atoms with Crippen molar-refractivity contribution in [3.63, 3.8) is 0 Å². The van der Waals surface area contributed by atoms with Crippen molar-refractivity contribution in [2.45, 2.75) is 27.7 Å². The van der Waals surface area contributed by atoms with Gasteiger partial charge in [-0.15, -0.1) is 0 Å². The second kappa shape index (κ2) is 12.5. The molecule has 0 aliphatic heterocycles. The summed E-state index contributed by atoms with van der Waals surface area (Å²) in [7, 11) is 1.48. The van der Waals surface area contributed by atoms with Gasteiger partial charge >= 0.3 is 5.97 Å². The quantitative estimate of drug-likeness (QED) is 0.497. The first kappa shape index (κ1) is 25.7. The third kappa shape index (κ3) is 8.14. The Morgan fingerprint density at radius 1 is 0.939 bits per heavy atom. The Morgan fingerprint density at radius 2 is 1.67 bits per heavy atom. The molecule has 178 valence electrons. The summed E-state index contributed by atoms with van der Waals surface area (Å²) in [6, 6.07) is 11.3. The molecule has 0 aliphatic carbocycles. The molecule has 8 heteroatoms. The SMILES string of the molecule is COc1cc(C(=O)OCC(=O)Nc2ccccc2C(=O)NCC(C)C)ccc1OCC(C)C. The van der Waals surface area contributed by atoms with E-state index in [1.807, 2.05) is 27.7 Å². The van der Waals surface area contributed by atoms with E-state index in [9.17, 15) is 14.4 Å². The van der Waals surface area contributed by atoms with Crippen molar-refractivity contribution in [2.75, 3.05) is 32.2 Å². The standard InChI is InChI=1S/C25H32N2O6/c1-16(2)13-26-24(29)19-8-6-7-9-20(19)27-23(28)15-33-25(30)18-10-11-21(22(12-18)31-5)32-14-17(3)4/h6-12,16-17H,13-15H2,1-5H3,(H,26,29)(H,27,28).